The van der Waals surface area contributed by atoms with Crippen molar-refractivity contribution in [3.63, 3.8) is 0 Å². The molecule has 0 bridgehead atoms. The van der Waals surface area contributed by atoms with E-state index in [1.54, 1.807) is 12.1 Å². The lowest BCUT2D eigenvalue weighted by atomic mass is 10.1. The molecule has 1 atom stereocenters. The number of nitrogens with one attached hydrogen (secondary N) is 3. The van der Waals surface area contributed by atoms with Gasteiger partial charge in [-0.1, -0.05) is 30.3 Å². The van der Waals surface area contributed by atoms with Crippen LogP contribution >= 0.6 is 0 Å². The summed E-state index contributed by atoms with van der Waals surface area (Å²) in [7, 11) is 0. The molecule has 0 unspecified atom stereocenters. The maximum Gasteiger partial charge on any atom is 0.408 e. The van der Waals surface area contributed by atoms with E-state index in [9.17, 15) is 14.4 Å². The number of amides is 3. The Morgan fingerprint density at radius 1 is 1.09 bits per heavy atom. The van der Waals surface area contributed by atoms with E-state index in [0.29, 0.717) is 0 Å². The molecule has 1 rings (SSSR count). The normalized spacial score (nSPS) is 11.2. The molecular weight excluding hydrogens is 290 g/mol. The van der Waals surface area contributed by atoms with Crippen LogP contribution in [0.4, 0.5) is 4.79 Å². The third-order valence-corrected chi connectivity index (χ3v) is 2.78. The molecule has 1 aromatic carbocycles. The standard InChI is InChI=1S/C13H19N5O4/c14-17-11(19)7-6-10(12(20)18-15)16-13(21)22-8-9-4-2-1-3-5-9/h1-5,10H,6-8,14-15H2,(H,16,21)(H,17,19)(H,18,20)/t10-/m1/s1. The zero-order chi connectivity index (χ0) is 16.4. The second-order valence-corrected chi connectivity index (χ2v) is 4.37. The van der Waals surface area contributed by atoms with Gasteiger partial charge in [-0.2, -0.15) is 0 Å². The fourth-order valence-electron chi connectivity index (χ4n) is 1.62. The zero-order valence-electron chi connectivity index (χ0n) is 11.9. The van der Waals surface area contributed by atoms with Crippen molar-refractivity contribution in [2.24, 2.45) is 11.7 Å². The Labute approximate surface area is 127 Å². The molecular formula is C13H19N5O4. The number of alkyl carbamates (subject to hydrolysis) is 1. The number of carbonyl (C=O) groups excluding carboxylic acids is 3. The van der Waals surface area contributed by atoms with E-state index in [1.165, 1.54) is 0 Å². The Kier molecular flexibility index (Phi) is 7.37. The number of hydrogen-bond donors (Lipinski definition) is 5. The zero-order valence-corrected chi connectivity index (χ0v) is 11.9. The van der Waals surface area contributed by atoms with Gasteiger partial charge in [0, 0.05) is 6.42 Å². The average Bonchev–Trinajstić information content (AvgIpc) is 2.56. The minimum Gasteiger partial charge on any atom is -0.445 e. The van der Waals surface area contributed by atoms with Crippen LogP contribution in [0.15, 0.2) is 30.3 Å². The molecule has 0 aromatic heterocycles. The number of hydrazine groups is 2. The first-order chi connectivity index (χ1) is 10.6. The van der Waals surface area contributed by atoms with E-state index in [2.05, 4.69) is 5.32 Å². The number of nitrogens with two attached hydrogens (primary N) is 2. The van der Waals surface area contributed by atoms with Crippen molar-refractivity contribution in [3.05, 3.63) is 35.9 Å². The Morgan fingerprint density at radius 2 is 1.77 bits per heavy atom. The predicted octanol–water partition coefficient (Wildman–Crippen LogP) is -0.959. The van der Waals surface area contributed by atoms with Gasteiger partial charge in [0.05, 0.1) is 0 Å². The molecule has 3 amide bonds. The maximum atomic E-state index is 11.7. The van der Waals surface area contributed by atoms with Crippen LogP contribution in [-0.4, -0.2) is 23.9 Å². The van der Waals surface area contributed by atoms with Gasteiger partial charge in [0.1, 0.15) is 12.6 Å². The minimum absolute atomic E-state index is 0.0342. The monoisotopic (exact) mass is 309 g/mol. The number of carbonyl (C=O) groups is 3. The molecule has 0 spiro atoms. The Bertz CT molecular complexity index is 508. The summed E-state index contributed by atoms with van der Waals surface area (Å²) >= 11 is 0. The van der Waals surface area contributed by atoms with Gasteiger partial charge in [-0.3, -0.25) is 20.4 Å². The van der Waals surface area contributed by atoms with E-state index >= 15 is 0 Å². The molecule has 1 aromatic rings. The summed E-state index contributed by atoms with van der Waals surface area (Å²) in [5.74, 6) is 8.88. The average molecular weight is 309 g/mol. The van der Waals surface area contributed by atoms with E-state index in [0.717, 1.165) is 5.56 Å². The van der Waals surface area contributed by atoms with Crippen LogP contribution in [0.2, 0.25) is 0 Å². The van der Waals surface area contributed by atoms with Gasteiger partial charge < -0.3 is 10.1 Å². The third-order valence-electron chi connectivity index (χ3n) is 2.78. The van der Waals surface area contributed by atoms with E-state index in [-0.39, 0.29) is 19.4 Å². The molecule has 0 aliphatic carbocycles. The molecule has 0 aliphatic heterocycles. The van der Waals surface area contributed by atoms with Gasteiger partial charge in [-0.05, 0) is 12.0 Å². The van der Waals surface area contributed by atoms with Gasteiger partial charge in [-0.15, -0.1) is 0 Å². The van der Waals surface area contributed by atoms with Crippen LogP contribution in [0.3, 0.4) is 0 Å². The van der Waals surface area contributed by atoms with Crippen LogP contribution in [0, 0.1) is 0 Å². The summed E-state index contributed by atoms with van der Waals surface area (Å²) in [6, 6.07) is 8.06. The van der Waals surface area contributed by atoms with Crippen LogP contribution in [0.5, 0.6) is 0 Å². The molecule has 7 N–H and O–H groups in total. The molecule has 9 nitrogen and oxygen atoms in total. The van der Waals surface area contributed by atoms with Crippen molar-refractivity contribution in [2.45, 2.75) is 25.5 Å². The van der Waals surface area contributed by atoms with Crippen molar-refractivity contribution in [1.82, 2.24) is 16.2 Å². The topological polar surface area (TPSA) is 149 Å². The van der Waals surface area contributed by atoms with E-state index < -0.39 is 23.9 Å². The number of benzene rings is 1. The van der Waals surface area contributed by atoms with Gasteiger partial charge in [0.2, 0.25) is 5.91 Å². The fourth-order valence-corrected chi connectivity index (χ4v) is 1.62. The Balaban J connectivity index is 2.48. The Morgan fingerprint density at radius 3 is 2.36 bits per heavy atom. The van der Waals surface area contributed by atoms with Crippen LogP contribution in [0.1, 0.15) is 18.4 Å². The second-order valence-electron chi connectivity index (χ2n) is 4.37. The smallest absolute Gasteiger partial charge is 0.408 e. The van der Waals surface area contributed by atoms with Gasteiger partial charge >= 0.3 is 6.09 Å². The number of ether oxygens (including phenoxy) is 1. The van der Waals surface area contributed by atoms with Crippen molar-refractivity contribution in [2.75, 3.05) is 0 Å². The van der Waals surface area contributed by atoms with Crippen molar-refractivity contribution in [1.29, 1.82) is 0 Å². The summed E-state index contributed by atoms with van der Waals surface area (Å²) in [6.45, 7) is 0.0624. The summed E-state index contributed by atoms with van der Waals surface area (Å²) in [6.07, 6.45) is -0.800. The predicted molar refractivity (Wildman–Crippen MR) is 77.4 cm³/mol. The van der Waals surface area contributed by atoms with Crippen LogP contribution < -0.4 is 27.9 Å². The first-order valence-corrected chi connectivity index (χ1v) is 6.54. The molecule has 0 fully saturated rings. The summed E-state index contributed by atoms with van der Waals surface area (Å²) in [4.78, 5) is 34.3. The number of hydrogen-bond acceptors (Lipinski definition) is 6. The summed E-state index contributed by atoms with van der Waals surface area (Å²) in [5.41, 5.74) is 4.65. The first-order valence-electron chi connectivity index (χ1n) is 6.54. The SMILES string of the molecule is NNC(=O)CC[C@@H](NC(=O)OCc1ccccc1)C(=O)NN. The molecule has 22 heavy (non-hydrogen) atoms. The first kappa shape index (κ1) is 17.4. The fraction of sp³-hybridized carbons (Fsp3) is 0.308. The molecule has 120 valence electrons. The van der Waals surface area contributed by atoms with Gasteiger partial charge in [0.25, 0.3) is 5.91 Å². The van der Waals surface area contributed by atoms with Crippen molar-refractivity contribution >= 4 is 17.9 Å². The van der Waals surface area contributed by atoms with Crippen molar-refractivity contribution in [3.8, 4) is 0 Å². The summed E-state index contributed by atoms with van der Waals surface area (Å²) < 4.78 is 4.99. The summed E-state index contributed by atoms with van der Waals surface area (Å²) in [5, 5.41) is 2.34. The van der Waals surface area contributed by atoms with Gasteiger partial charge in [-0.25, -0.2) is 16.5 Å². The quantitative estimate of drug-likeness (QED) is 0.249. The highest BCUT2D eigenvalue weighted by Gasteiger charge is 2.21. The number of rotatable bonds is 7. The lowest BCUT2D eigenvalue weighted by Gasteiger charge is -2.16. The third kappa shape index (κ3) is 6.20. The lowest BCUT2D eigenvalue weighted by molar-refractivity contribution is -0.124. The second kappa shape index (κ2) is 9.32. The maximum absolute atomic E-state index is 11.7. The highest BCUT2D eigenvalue weighted by Crippen LogP contribution is 2.02. The highest BCUT2D eigenvalue weighted by molar-refractivity contribution is 5.86. The van der Waals surface area contributed by atoms with Gasteiger partial charge in [0.15, 0.2) is 0 Å². The Hall–Kier alpha value is -2.65. The van der Waals surface area contributed by atoms with Crippen LogP contribution in [0.25, 0.3) is 0 Å². The van der Waals surface area contributed by atoms with Crippen LogP contribution in [-0.2, 0) is 20.9 Å². The minimum atomic E-state index is -0.995. The molecule has 9 heteroatoms. The lowest BCUT2D eigenvalue weighted by Crippen LogP contribution is -2.49. The van der Waals surface area contributed by atoms with Crippen molar-refractivity contribution < 1.29 is 19.1 Å². The highest BCUT2D eigenvalue weighted by atomic mass is 16.5. The molecule has 0 heterocycles. The molecule has 0 saturated heterocycles. The largest absolute Gasteiger partial charge is 0.445 e. The van der Waals surface area contributed by atoms with E-state index in [1.807, 2.05) is 29.1 Å². The molecule has 0 saturated carbocycles. The molecule has 0 aliphatic rings. The van der Waals surface area contributed by atoms with E-state index in [4.69, 9.17) is 16.4 Å². The molecule has 0 radical (unpaired) electrons.